The van der Waals surface area contributed by atoms with Crippen LogP contribution in [0.2, 0.25) is 0 Å². The molecule has 9 rings (SSSR count). The van der Waals surface area contributed by atoms with Gasteiger partial charge < -0.3 is 29.5 Å². The van der Waals surface area contributed by atoms with Crippen LogP contribution in [0.4, 0.5) is 0 Å². The Kier molecular flexibility index (Phi) is 10.8. The lowest BCUT2D eigenvalue weighted by Crippen LogP contribution is -2.54. The number of likely N-dealkylation sites (tertiary alicyclic amines) is 2. The quantitative estimate of drug-likeness (QED) is 0.118. The molecule has 0 bridgehead atoms. The molecule has 59 heavy (non-hydrogen) atoms. The highest BCUT2D eigenvalue weighted by Gasteiger charge is 2.45. The van der Waals surface area contributed by atoms with Crippen LogP contribution in [0.3, 0.4) is 0 Å². The molecule has 4 aromatic carbocycles. The Labute approximate surface area is 345 Å². The van der Waals surface area contributed by atoms with Crippen molar-refractivity contribution < 1.29 is 38.9 Å². The number of phenolic OH excluding ortho intramolecular Hbond substituents is 2. The molecule has 4 amide bonds. The molecule has 0 aliphatic carbocycles. The molecule has 12 nitrogen and oxygen atoms in total. The molecule has 0 spiro atoms. The number of hydrogen-bond acceptors (Lipinski definition) is 11. The summed E-state index contributed by atoms with van der Waals surface area (Å²) in [5, 5.41) is 23.1. The average molecular weight is 815 g/mol. The number of fused-ring (bicyclic) bond motifs is 2. The first-order valence-corrected chi connectivity index (χ1v) is 21.2. The number of piperidine rings is 3. The molecule has 1 atom stereocenters. The van der Waals surface area contributed by atoms with Gasteiger partial charge in [-0.2, -0.15) is 0 Å². The molecular weight excluding hydrogens is 769 g/mol. The normalized spacial score (nSPS) is 19.7. The van der Waals surface area contributed by atoms with Gasteiger partial charge in [0.25, 0.3) is 11.8 Å². The number of amides is 4. The zero-order chi connectivity index (χ0) is 40.6. The van der Waals surface area contributed by atoms with Crippen LogP contribution in [0.1, 0.15) is 70.7 Å². The summed E-state index contributed by atoms with van der Waals surface area (Å²) in [5.41, 5.74) is 2.65. The number of aromatic hydroxyl groups is 2. The zero-order valence-corrected chi connectivity index (χ0v) is 33.4. The third-order valence-electron chi connectivity index (χ3n) is 12.2. The summed E-state index contributed by atoms with van der Waals surface area (Å²) in [7, 11) is 0. The molecule has 5 heterocycles. The summed E-state index contributed by atoms with van der Waals surface area (Å²) in [5.74, 6) is 1.47. The molecule has 13 heteroatoms. The van der Waals surface area contributed by atoms with Crippen LogP contribution < -0.4 is 14.8 Å². The first-order valence-electron chi connectivity index (χ1n) is 20.4. The maximum Gasteiger partial charge on any atom is 0.262 e. The fourth-order valence-corrected chi connectivity index (χ4v) is 9.96. The van der Waals surface area contributed by atoms with Crippen LogP contribution in [-0.4, -0.2) is 100 Å². The Balaban J connectivity index is 0.713. The third kappa shape index (κ3) is 8.14. The number of nitrogens with one attached hydrogen (secondary N) is 1. The first kappa shape index (κ1) is 38.7. The lowest BCUT2D eigenvalue weighted by Gasteiger charge is -2.36. The number of phenols is 2. The second kappa shape index (κ2) is 16.5. The first-order chi connectivity index (χ1) is 28.7. The van der Waals surface area contributed by atoms with Crippen molar-refractivity contribution in [2.45, 2.75) is 50.5 Å². The van der Waals surface area contributed by atoms with E-state index in [2.05, 4.69) is 15.1 Å². The summed E-state index contributed by atoms with van der Waals surface area (Å²) >= 11 is 1.53. The second-order valence-corrected chi connectivity index (χ2v) is 17.1. The summed E-state index contributed by atoms with van der Waals surface area (Å²) < 4.78 is 13.6. The molecule has 0 radical (unpaired) electrons. The van der Waals surface area contributed by atoms with E-state index in [1.807, 2.05) is 54.6 Å². The zero-order valence-electron chi connectivity index (χ0n) is 32.6. The van der Waals surface area contributed by atoms with Crippen molar-refractivity contribution in [3.8, 4) is 39.2 Å². The van der Waals surface area contributed by atoms with Crippen LogP contribution in [0, 0.1) is 5.92 Å². The van der Waals surface area contributed by atoms with Gasteiger partial charge in [0.15, 0.2) is 5.75 Å². The van der Waals surface area contributed by atoms with Gasteiger partial charge in [0.05, 0.1) is 22.6 Å². The monoisotopic (exact) mass is 814 g/mol. The Morgan fingerprint density at radius 2 is 1.36 bits per heavy atom. The number of carbonyl (C=O) groups is 4. The Morgan fingerprint density at radius 3 is 2.07 bits per heavy atom. The molecule has 4 aliphatic heterocycles. The maximum absolute atomic E-state index is 13.3. The highest BCUT2D eigenvalue weighted by Crippen LogP contribution is 2.47. The van der Waals surface area contributed by atoms with Crippen molar-refractivity contribution in [3.63, 3.8) is 0 Å². The van der Waals surface area contributed by atoms with E-state index in [1.54, 1.807) is 30.3 Å². The number of ether oxygens (including phenoxy) is 2. The number of imide groups is 2. The molecule has 1 aromatic heterocycles. The molecule has 304 valence electrons. The summed E-state index contributed by atoms with van der Waals surface area (Å²) in [4.78, 5) is 57.5. The second-order valence-electron chi connectivity index (χ2n) is 16.0. The average Bonchev–Trinajstić information content (AvgIpc) is 3.72. The fraction of sp³-hybridized carbons (Fsp3) is 0.348. The van der Waals surface area contributed by atoms with E-state index in [4.69, 9.17) is 9.47 Å². The van der Waals surface area contributed by atoms with Crippen molar-refractivity contribution in [2.24, 2.45) is 5.92 Å². The molecule has 0 saturated carbocycles. The highest BCUT2D eigenvalue weighted by atomic mass is 32.1. The van der Waals surface area contributed by atoms with Gasteiger partial charge in [0, 0.05) is 29.6 Å². The van der Waals surface area contributed by atoms with Crippen molar-refractivity contribution in [2.75, 3.05) is 45.9 Å². The molecule has 3 N–H and O–H groups in total. The van der Waals surface area contributed by atoms with Crippen LogP contribution >= 0.6 is 11.3 Å². The van der Waals surface area contributed by atoms with Crippen molar-refractivity contribution in [3.05, 3.63) is 102 Å². The SMILES string of the molecule is O=C1CCC(N2C(=O)c3ccc(C4CCN(CCN5CCC(COc6ccc(Oc7c(-c8ccc(O)cc8)sc8cc(O)ccc78)cc6)CC5)CC4)cc3C2=O)C(=O)N1. The number of rotatable bonds is 11. The third-order valence-corrected chi connectivity index (χ3v) is 13.4. The van der Waals surface area contributed by atoms with E-state index < -0.39 is 23.8 Å². The minimum atomic E-state index is -0.955. The molecule has 4 aliphatic rings. The summed E-state index contributed by atoms with van der Waals surface area (Å²) in [6, 6.07) is 24.6. The maximum atomic E-state index is 13.3. The largest absolute Gasteiger partial charge is 0.508 e. The van der Waals surface area contributed by atoms with Crippen molar-refractivity contribution in [1.29, 1.82) is 0 Å². The fourth-order valence-electron chi connectivity index (χ4n) is 8.79. The van der Waals surface area contributed by atoms with Gasteiger partial charge in [-0.1, -0.05) is 6.07 Å². The Bertz CT molecular complexity index is 2400. The van der Waals surface area contributed by atoms with Crippen LogP contribution in [0.15, 0.2) is 84.9 Å². The molecule has 5 aromatic rings. The van der Waals surface area contributed by atoms with E-state index in [1.165, 1.54) is 11.3 Å². The van der Waals surface area contributed by atoms with Crippen LogP contribution in [0.25, 0.3) is 20.5 Å². The molecule has 1 unspecified atom stereocenters. The minimum absolute atomic E-state index is 0.103. The Morgan fingerprint density at radius 1 is 0.695 bits per heavy atom. The number of benzene rings is 4. The molecular formula is C46H46N4O8S. The van der Waals surface area contributed by atoms with Crippen molar-refractivity contribution in [1.82, 2.24) is 20.0 Å². The Hall–Kier alpha value is -5.76. The lowest BCUT2D eigenvalue weighted by atomic mass is 9.88. The number of thiophene rings is 1. The van der Waals surface area contributed by atoms with Gasteiger partial charge in [-0.25, -0.2) is 0 Å². The standard InChI is InChI=1S/C46H46N4O8S/c51-32-4-1-30(2-5-32)43-42(37-12-6-33(52)26-40(37)59-43)58-35-9-7-34(8-10-35)57-27-28-15-19-48(20-16-28)23-24-49-21-17-29(18-22-49)31-3-11-36-38(25-31)46(56)50(45(36)55)39-13-14-41(53)47-44(39)54/h1-12,25-26,28-29,39,51-52H,13-24,27H2,(H,47,53,54). The smallest absolute Gasteiger partial charge is 0.262 e. The van der Waals surface area contributed by atoms with Crippen LogP contribution in [0.5, 0.6) is 28.7 Å². The van der Waals surface area contributed by atoms with E-state index in [-0.39, 0.29) is 30.2 Å². The van der Waals surface area contributed by atoms with E-state index >= 15 is 0 Å². The van der Waals surface area contributed by atoms with E-state index in [9.17, 15) is 29.4 Å². The highest BCUT2D eigenvalue weighted by molar-refractivity contribution is 7.22. The molecule has 3 saturated heterocycles. The number of hydrogen-bond donors (Lipinski definition) is 3. The van der Waals surface area contributed by atoms with Gasteiger partial charge in [-0.3, -0.25) is 29.4 Å². The van der Waals surface area contributed by atoms with Gasteiger partial charge >= 0.3 is 0 Å². The lowest BCUT2D eigenvalue weighted by molar-refractivity contribution is -0.136. The van der Waals surface area contributed by atoms with Crippen LogP contribution in [-0.2, 0) is 9.59 Å². The van der Waals surface area contributed by atoms with Gasteiger partial charge in [0.2, 0.25) is 11.8 Å². The number of nitrogens with zero attached hydrogens (tertiary/aromatic N) is 3. The minimum Gasteiger partial charge on any atom is -0.508 e. The van der Waals surface area contributed by atoms with E-state index in [0.29, 0.717) is 41.1 Å². The summed E-state index contributed by atoms with van der Waals surface area (Å²) in [6.07, 6.45) is 4.38. The summed E-state index contributed by atoms with van der Waals surface area (Å²) in [6.45, 7) is 6.75. The molecule has 3 fully saturated rings. The van der Waals surface area contributed by atoms with Gasteiger partial charge in [-0.05, 0) is 160 Å². The predicted octanol–water partition coefficient (Wildman–Crippen LogP) is 7.14. The van der Waals surface area contributed by atoms with Gasteiger partial charge in [-0.15, -0.1) is 11.3 Å². The topological polar surface area (TPSA) is 149 Å². The van der Waals surface area contributed by atoms with Crippen molar-refractivity contribution >= 4 is 45.1 Å². The van der Waals surface area contributed by atoms with Gasteiger partial charge in [0.1, 0.15) is 29.0 Å². The number of carbonyl (C=O) groups excluding carboxylic acids is 4. The van der Waals surface area contributed by atoms with E-state index in [0.717, 1.165) is 102 Å². The predicted molar refractivity (Wildman–Crippen MR) is 223 cm³/mol.